The van der Waals surface area contributed by atoms with E-state index in [1.165, 1.54) is 11.3 Å². The molecular weight excluding hydrogens is 450 g/mol. The number of hydrogen-bond acceptors (Lipinski definition) is 6. The van der Waals surface area contributed by atoms with E-state index in [1.54, 1.807) is 0 Å². The standard InChI is InChI=1S/C25H29N5O5/c1-16-6-8-18(9-7-16)15-30-23(27-24(32)29(25(30)33)13-12-22(31)28-34)26-19-10-11-21(17(2)14-19)35-20-4-3-5-20/h6-11,14,20,23,26H,3-5,12-13,15H2,1-2H3,(H,27,32). The van der Waals surface area contributed by atoms with Crippen molar-refractivity contribution in [3.8, 4) is 5.75 Å². The molecule has 0 bridgehead atoms. The SMILES string of the molecule is Cc1ccc(CN2C(=O)N(CCC(=O)N=O)C(=O)NC2Nc2ccc(OC3CCC3)c(C)c2)cc1. The van der Waals surface area contributed by atoms with E-state index < -0.39 is 24.3 Å². The number of nitroso groups, excluding NO2 is 1. The summed E-state index contributed by atoms with van der Waals surface area (Å²) in [5.74, 6) is -0.101. The van der Waals surface area contributed by atoms with Gasteiger partial charge in [0.15, 0.2) is 6.29 Å². The Morgan fingerprint density at radius 3 is 2.51 bits per heavy atom. The largest absolute Gasteiger partial charge is 0.490 e. The summed E-state index contributed by atoms with van der Waals surface area (Å²) >= 11 is 0. The van der Waals surface area contributed by atoms with Gasteiger partial charge in [0.25, 0.3) is 5.91 Å². The summed E-state index contributed by atoms with van der Waals surface area (Å²) in [7, 11) is 0. The van der Waals surface area contributed by atoms with Crippen molar-refractivity contribution in [1.29, 1.82) is 0 Å². The molecule has 0 spiro atoms. The van der Waals surface area contributed by atoms with Crippen LogP contribution < -0.4 is 15.4 Å². The molecule has 2 aliphatic rings. The van der Waals surface area contributed by atoms with E-state index in [0.29, 0.717) is 5.69 Å². The van der Waals surface area contributed by atoms with E-state index in [1.807, 2.05) is 56.3 Å². The van der Waals surface area contributed by atoms with Gasteiger partial charge in [-0.1, -0.05) is 29.8 Å². The zero-order chi connectivity index (χ0) is 24.9. The first-order valence-corrected chi connectivity index (χ1v) is 11.7. The first kappa shape index (κ1) is 24.2. The van der Waals surface area contributed by atoms with Crippen molar-refractivity contribution < 1.29 is 19.1 Å². The molecule has 35 heavy (non-hydrogen) atoms. The van der Waals surface area contributed by atoms with Gasteiger partial charge in [-0.3, -0.25) is 15.0 Å². The average Bonchev–Trinajstić information content (AvgIpc) is 2.80. The topological polar surface area (TPSA) is 120 Å². The van der Waals surface area contributed by atoms with Crippen LogP contribution in [0.25, 0.3) is 0 Å². The van der Waals surface area contributed by atoms with Crippen LogP contribution in [-0.4, -0.2) is 46.7 Å². The lowest BCUT2D eigenvalue weighted by molar-refractivity contribution is -0.118. The number of urea groups is 2. The number of carbonyl (C=O) groups is 3. The fourth-order valence-corrected chi connectivity index (χ4v) is 3.94. The van der Waals surface area contributed by atoms with E-state index in [0.717, 1.165) is 40.2 Å². The van der Waals surface area contributed by atoms with Gasteiger partial charge < -0.3 is 10.1 Å². The summed E-state index contributed by atoms with van der Waals surface area (Å²) in [5.41, 5.74) is 3.62. The van der Waals surface area contributed by atoms with Gasteiger partial charge in [0.1, 0.15) is 5.75 Å². The number of carbonyl (C=O) groups excluding carboxylic acids is 3. The lowest BCUT2D eigenvalue weighted by Gasteiger charge is -2.41. The fourth-order valence-electron chi connectivity index (χ4n) is 3.94. The third-order valence-electron chi connectivity index (χ3n) is 6.24. The van der Waals surface area contributed by atoms with Crippen molar-refractivity contribution in [2.45, 2.75) is 58.5 Å². The molecule has 1 unspecified atom stereocenters. The molecule has 2 N–H and O–H groups in total. The maximum absolute atomic E-state index is 13.3. The summed E-state index contributed by atoms with van der Waals surface area (Å²) in [4.78, 5) is 50.2. The van der Waals surface area contributed by atoms with E-state index in [9.17, 15) is 19.3 Å². The summed E-state index contributed by atoms with van der Waals surface area (Å²) in [6.45, 7) is 3.91. The van der Waals surface area contributed by atoms with Gasteiger partial charge in [-0.15, -0.1) is 4.91 Å². The molecule has 1 saturated heterocycles. The second-order valence-electron chi connectivity index (χ2n) is 8.93. The van der Waals surface area contributed by atoms with Crippen LogP contribution >= 0.6 is 0 Å². The number of hydrogen-bond donors (Lipinski definition) is 2. The van der Waals surface area contributed by atoms with E-state index in [-0.39, 0.29) is 25.6 Å². The number of imide groups is 1. The van der Waals surface area contributed by atoms with E-state index in [2.05, 4.69) is 15.8 Å². The Morgan fingerprint density at radius 1 is 1.14 bits per heavy atom. The highest BCUT2D eigenvalue weighted by molar-refractivity contribution is 5.96. The lowest BCUT2D eigenvalue weighted by atomic mass is 9.96. The van der Waals surface area contributed by atoms with E-state index >= 15 is 0 Å². The highest BCUT2D eigenvalue weighted by Gasteiger charge is 2.38. The molecule has 4 rings (SSSR count). The Labute approximate surface area is 203 Å². The number of anilines is 1. The van der Waals surface area contributed by atoms with Crippen molar-refractivity contribution in [3.63, 3.8) is 0 Å². The predicted molar refractivity (Wildman–Crippen MR) is 130 cm³/mol. The highest BCUT2D eigenvalue weighted by Crippen LogP contribution is 2.29. The molecule has 1 atom stereocenters. The summed E-state index contributed by atoms with van der Waals surface area (Å²) in [6, 6.07) is 12.1. The minimum absolute atomic E-state index is 0.218. The summed E-state index contributed by atoms with van der Waals surface area (Å²) in [6.07, 6.45) is 2.42. The molecule has 2 fully saturated rings. The molecule has 2 aromatic carbocycles. The Bertz CT molecular complexity index is 1120. The number of nitrogens with one attached hydrogen (secondary N) is 2. The molecular formula is C25H29N5O5. The fraction of sp³-hybridized carbons (Fsp3) is 0.400. The first-order valence-electron chi connectivity index (χ1n) is 11.7. The third kappa shape index (κ3) is 5.76. The minimum Gasteiger partial charge on any atom is -0.490 e. The molecule has 1 heterocycles. The molecule has 1 saturated carbocycles. The number of amides is 5. The smallest absolute Gasteiger partial charge is 0.331 e. The van der Waals surface area contributed by atoms with Gasteiger partial charge in [0, 0.05) is 17.4 Å². The van der Waals surface area contributed by atoms with Gasteiger partial charge >= 0.3 is 12.1 Å². The summed E-state index contributed by atoms with van der Waals surface area (Å²) < 4.78 is 6.01. The van der Waals surface area contributed by atoms with Crippen LogP contribution in [0.5, 0.6) is 5.75 Å². The Balaban J connectivity index is 1.53. The predicted octanol–water partition coefficient (Wildman–Crippen LogP) is 4.26. The van der Waals surface area contributed by atoms with Crippen molar-refractivity contribution in [3.05, 3.63) is 64.1 Å². The van der Waals surface area contributed by atoms with Gasteiger partial charge in [-0.05, 0) is 62.4 Å². The maximum Gasteiger partial charge on any atom is 0.331 e. The molecule has 10 heteroatoms. The number of ether oxygens (including phenoxy) is 1. The number of aryl methyl sites for hydroxylation is 2. The lowest BCUT2D eigenvalue weighted by Crippen LogP contribution is -2.67. The van der Waals surface area contributed by atoms with Gasteiger partial charge in [-0.2, -0.15) is 0 Å². The van der Waals surface area contributed by atoms with Crippen LogP contribution in [0.3, 0.4) is 0 Å². The number of rotatable bonds is 9. The molecule has 1 aliphatic carbocycles. The number of benzene rings is 2. The van der Waals surface area contributed by atoms with Gasteiger partial charge in [-0.25, -0.2) is 14.5 Å². The quantitative estimate of drug-likeness (QED) is 0.519. The molecule has 0 radical (unpaired) electrons. The van der Waals surface area contributed by atoms with Crippen molar-refractivity contribution in [1.82, 2.24) is 15.1 Å². The maximum atomic E-state index is 13.3. The molecule has 5 amide bonds. The molecule has 10 nitrogen and oxygen atoms in total. The second-order valence-corrected chi connectivity index (χ2v) is 8.93. The zero-order valence-corrected chi connectivity index (χ0v) is 19.8. The number of nitrogens with zero attached hydrogens (tertiary/aromatic N) is 3. The zero-order valence-electron chi connectivity index (χ0n) is 19.8. The normalized spacial score (nSPS) is 18.1. The Morgan fingerprint density at radius 2 is 1.89 bits per heavy atom. The first-order chi connectivity index (χ1) is 16.8. The van der Waals surface area contributed by atoms with Crippen LogP contribution in [-0.2, 0) is 11.3 Å². The van der Waals surface area contributed by atoms with Crippen LogP contribution in [0.1, 0.15) is 42.4 Å². The Kier molecular flexibility index (Phi) is 7.28. The molecule has 1 aliphatic heterocycles. The van der Waals surface area contributed by atoms with Crippen LogP contribution in [0.4, 0.5) is 15.3 Å². The van der Waals surface area contributed by atoms with Crippen LogP contribution in [0, 0.1) is 18.8 Å². The Hall–Kier alpha value is -3.95. The van der Waals surface area contributed by atoms with Crippen molar-refractivity contribution >= 4 is 23.7 Å². The van der Waals surface area contributed by atoms with Crippen LogP contribution in [0.2, 0.25) is 0 Å². The molecule has 2 aromatic rings. The monoisotopic (exact) mass is 479 g/mol. The molecule has 184 valence electrons. The van der Waals surface area contributed by atoms with Gasteiger partial charge in [0.05, 0.1) is 19.1 Å². The average molecular weight is 480 g/mol. The third-order valence-corrected chi connectivity index (χ3v) is 6.24. The van der Waals surface area contributed by atoms with E-state index in [4.69, 9.17) is 4.74 Å². The van der Waals surface area contributed by atoms with Gasteiger partial charge in [0.2, 0.25) is 0 Å². The van der Waals surface area contributed by atoms with Crippen molar-refractivity contribution in [2.75, 3.05) is 11.9 Å². The summed E-state index contributed by atoms with van der Waals surface area (Å²) in [5, 5.41) is 8.34. The highest BCUT2D eigenvalue weighted by atomic mass is 16.5. The molecule has 0 aromatic heterocycles. The second kappa shape index (κ2) is 10.5. The van der Waals surface area contributed by atoms with Crippen LogP contribution in [0.15, 0.2) is 47.6 Å². The van der Waals surface area contributed by atoms with Crippen molar-refractivity contribution in [2.24, 2.45) is 5.18 Å². The minimum atomic E-state index is -0.921.